The summed E-state index contributed by atoms with van der Waals surface area (Å²) in [7, 11) is 0. The van der Waals surface area contributed by atoms with Crippen LogP contribution in [0.15, 0.2) is 54.6 Å². The first-order valence-corrected chi connectivity index (χ1v) is 10.2. The fraction of sp³-hybridized carbons (Fsp3) is 0.364. The average molecular weight is 416 g/mol. The molecule has 29 heavy (non-hydrogen) atoms. The lowest BCUT2D eigenvalue weighted by atomic mass is 9.96. The zero-order valence-electron chi connectivity index (χ0n) is 16.2. The molecule has 1 saturated carbocycles. The molecule has 1 atom stereocenters. The van der Waals surface area contributed by atoms with Crippen LogP contribution in [0, 0.1) is 0 Å². The molecule has 1 unspecified atom stereocenters. The summed E-state index contributed by atoms with van der Waals surface area (Å²) in [5, 5.41) is 19.4. The predicted octanol–water partition coefficient (Wildman–Crippen LogP) is 3.30. The van der Waals surface area contributed by atoms with Crippen molar-refractivity contribution in [3.63, 3.8) is 0 Å². The van der Waals surface area contributed by atoms with E-state index in [-0.39, 0.29) is 18.5 Å². The number of hydrogen-bond donors (Lipinski definition) is 4. The summed E-state index contributed by atoms with van der Waals surface area (Å²) >= 11 is 5.86. The number of amides is 3. The number of halogens is 1. The van der Waals surface area contributed by atoms with Crippen molar-refractivity contribution in [1.82, 2.24) is 16.0 Å². The molecule has 3 rings (SSSR count). The van der Waals surface area contributed by atoms with E-state index in [1.807, 2.05) is 30.3 Å². The zero-order chi connectivity index (χ0) is 20.7. The molecule has 0 saturated heterocycles. The van der Waals surface area contributed by atoms with Crippen molar-refractivity contribution < 1.29 is 14.7 Å². The second kappa shape index (κ2) is 9.76. The van der Waals surface area contributed by atoms with Crippen molar-refractivity contribution in [2.24, 2.45) is 0 Å². The van der Waals surface area contributed by atoms with Gasteiger partial charge in [0, 0.05) is 18.1 Å². The normalized spacial score (nSPS) is 16.1. The van der Waals surface area contributed by atoms with E-state index in [0.717, 1.165) is 18.4 Å². The second-order valence-corrected chi connectivity index (χ2v) is 7.80. The minimum Gasteiger partial charge on any atom is -0.387 e. The molecule has 1 fully saturated rings. The van der Waals surface area contributed by atoms with Crippen LogP contribution in [0.4, 0.5) is 4.79 Å². The van der Waals surface area contributed by atoms with E-state index in [1.165, 1.54) is 0 Å². The maximum Gasteiger partial charge on any atom is 0.315 e. The average Bonchev–Trinajstić information content (AvgIpc) is 3.21. The number of nitrogens with one attached hydrogen (secondary N) is 3. The quantitative estimate of drug-likeness (QED) is 0.559. The van der Waals surface area contributed by atoms with E-state index in [2.05, 4.69) is 16.0 Å². The number of aliphatic hydroxyl groups excluding tert-OH is 1. The molecule has 0 bridgehead atoms. The molecule has 1 aliphatic rings. The molecule has 7 heteroatoms. The van der Waals surface area contributed by atoms with E-state index in [1.54, 1.807) is 24.3 Å². The highest BCUT2D eigenvalue weighted by Gasteiger charge is 2.42. The van der Waals surface area contributed by atoms with Gasteiger partial charge in [-0.05, 0) is 36.1 Å². The van der Waals surface area contributed by atoms with Crippen LogP contribution in [0.5, 0.6) is 0 Å². The van der Waals surface area contributed by atoms with Crippen molar-refractivity contribution in [2.45, 2.75) is 43.9 Å². The van der Waals surface area contributed by atoms with Gasteiger partial charge in [0.25, 0.3) is 0 Å². The first kappa shape index (κ1) is 21.1. The molecule has 6 nitrogen and oxygen atoms in total. The summed E-state index contributed by atoms with van der Waals surface area (Å²) in [5.74, 6) is -0.266. The van der Waals surface area contributed by atoms with Crippen molar-refractivity contribution in [3.8, 4) is 0 Å². The number of aliphatic hydroxyl groups is 1. The maximum absolute atomic E-state index is 12.9. The van der Waals surface area contributed by atoms with Crippen LogP contribution in [0.1, 0.15) is 42.9 Å². The molecule has 2 aromatic carbocycles. The van der Waals surface area contributed by atoms with Crippen LogP contribution < -0.4 is 16.0 Å². The highest BCUT2D eigenvalue weighted by molar-refractivity contribution is 6.30. The van der Waals surface area contributed by atoms with Crippen molar-refractivity contribution in [1.29, 1.82) is 0 Å². The van der Waals surface area contributed by atoms with Gasteiger partial charge in [0.2, 0.25) is 5.91 Å². The van der Waals surface area contributed by atoms with Crippen molar-refractivity contribution in [2.75, 3.05) is 6.54 Å². The Morgan fingerprint density at radius 3 is 2.31 bits per heavy atom. The maximum atomic E-state index is 12.9. The minimum absolute atomic E-state index is 0.0650. The van der Waals surface area contributed by atoms with E-state index >= 15 is 0 Å². The van der Waals surface area contributed by atoms with Gasteiger partial charge in [-0.1, -0.05) is 66.9 Å². The summed E-state index contributed by atoms with van der Waals surface area (Å²) < 4.78 is 0. The van der Waals surface area contributed by atoms with Crippen LogP contribution in [0.2, 0.25) is 5.02 Å². The van der Waals surface area contributed by atoms with E-state index < -0.39 is 11.6 Å². The third-order valence-electron chi connectivity index (χ3n) is 5.25. The zero-order valence-corrected chi connectivity index (χ0v) is 16.9. The fourth-order valence-corrected chi connectivity index (χ4v) is 3.71. The Bertz CT molecular complexity index is 821. The Hall–Kier alpha value is -2.57. The number of carbonyl (C=O) groups is 2. The first-order chi connectivity index (χ1) is 14.0. The van der Waals surface area contributed by atoms with E-state index in [9.17, 15) is 14.7 Å². The molecule has 3 amide bonds. The molecule has 0 radical (unpaired) electrons. The van der Waals surface area contributed by atoms with Gasteiger partial charge in [-0.3, -0.25) is 4.79 Å². The van der Waals surface area contributed by atoms with Gasteiger partial charge >= 0.3 is 6.03 Å². The molecule has 1 aliphatic carbocycles. The second-order valence-electron chi connectivity index (χ2n) is 7.36. The smallest absolute Gasteiger partial charge is 0.315 e. The summed E-state index contributed by atoms with van der Waals surface area (Å²) in [6, 6.07) is 16.0. The fourth-order valence-electron chi connectivity index (χ4n) is 3.59. The molecule has 2 aromatic rings. The van der Waals surface area contributed by atoms with Crippen molar-refractivity contribution in [3.05, 3.63) is 70.7 Å². The van der Waals surface area contributed by atoms with Crippen molar-refractivity contribution >= 4 is 23.5 Å². The van der Waals surface area contributed by atoms with Gasteiger partial charge in [0.15, 0.2) is 0 Å². The first-order valence-electron chi connectivity index (χ1n) is 9.80. The highest BCUT2D eigenvalue weighted by Crippen LogP contribution is 2.30. The molecule has 154 valence electrons. The number of urea groups is 1. The standard InChI is InChI=1S/C22H26ClN3O3/c23-18-10-8-17(9-11-18)19(27)15-24-20(28)22(12-4-5-13-22)26-21(29)25-14-16-6-2-1-3-7-16/h1-3,6-11,19,27H,4-5,12-15H2,(H,24,28)(H2,25,26,29). The number of hydrogen-bond acceptors (Lipinski definition) is 3. The van der Waals surface area contributed by atoms with Gasteiger partial charge in [-0.25, -0.2) is 4.79 Å². The lowest BCUT2D eigenvalue weighted by Crippen LogP contribution is -2.59. The third kappa shape index (κ3) is 5.71. The summed E-state index contributed by atoms with van der Waals surface area (Å²) in [6.45, 7) is 0.454. The van der Waals surface area contributed by atoms with Gasteiger partial charge in [-0.15, -0.1) is 0 Å². The molecule has 0 aromatic heterocycles. The monoisotopic (exact) mass is 415 g/mol. The molecule has 0 spiro atoms. The van der Waals surface area contributed by atoms with Gasteiger partial charge < -0.3 is 21.1 Å². The number of carbonyl (C=O) groups excluding carboxylic acids is 2. The Balaban J connectivity index is 1.55. The molecule has 0 aliphatic heterocycles. The van der Waals surface area contributed by atoms with Gasteiger partial charge in [0.05, 0.1) is 6.10 Å². The Morgan fingerprint density at radius 1 is 1.00 bits per heavy atom. The summed E-state index contributed by atoms with van der Waals surface area (Å²) in [4.78, 5) is 25.3. The summed E-state index contributed by atoms with van der Waals surface area (Å²) in [5.41, 5.74) is 0.711. The molecule has 4 N–H and O–H groups in total. The van der Waals surface area contributed by atoms with Crippen LogP contribution in [0.25, 0.3) is 0 Å². The molecule has 0 heterocycles. The lowest BCUT2D eigenvalue weighted by molar-refractivity contribution is -0.127. The van der Waals surface area contributed by atoms with Gasteiger partial charge in [0.1, 0.15) is 5.54 Å². The molecular weight excluding hydrogens is 390 g/mol. The largest absolute Gasteiger partial charge is 0.387 e. The third-order valence-corrected chi connectivity index (χ3v) is 5.50. The highest BCUT2D eigenvalue weighted by atomic mass is 35.5. The van der Waals surface area contributed by atoms with Crippen LogP contribution in [-0.2, 0) is 11.3 Å². The topological polar surface area (TPSA) is 90.5 Å². The minimum atomic E-state index is -0.944. The van der Waals surface area contributed by atoms with E-state index in [0.29, 0.717) is 30.0 Å². The van der Waals surface area contributed by atoms with Crippen LogP contribution in [0.3, 0.4) is 0 Å². The Kier molecular flexibility index (Phi) is 7.12. The predicted molar refractivity (Wildman–Crippen MR) is 112 cm³/mol. The van der Waals surface area contributed by atoms with Gasteiger partial charge in [-0.2, -0.15) is 0 Å². The molecular formula is C22H26ClN3O3. The van der Waals surface area contributed by atoms with Crippen LogP contribution in [-0.4, -0.2) is 29.1 Å². The SMILES string of the molecule is O=C(NCc1ccccc1)NC1(C(=O)NCC(O)c2ccc(Cl)cc2)CCCC1. The number of benzene rings is 2. The van der Waals surface area contributed by atoms with Crippen LogP contribution >= 0.6 is 11.6 Å². The Labute approximate surface area is 175 Å². The number of rotatable bonds is 7. The summed E-state index contributed by atoms with van der Waals surface area (Å²) in [6.07, 6.45) is 2.04. The Morgan fingerprint density at radius 2 is 1.66 bits per heavy atom. The lowest BCUT2D eigenvalue weighted by Gasteiger charge is -2.29. The van der Waals surface area contributed by atoms with E-state index in [4.69, 9.17) is 11.6 Å².